The van der Waals surface area contributed by atoms with Crippen molar-refractivity contribution in [2.24, 2.45) is 0 Å². The Labute approximate surface area is 190 Å². The third kappa shape index (κ3) is 8.28. The van der Waals surface area contributed by atoms with E-state index in [1.54, 1.807) is 29.6 Å². The highest BCUT2D eigenvalue weighted by molar-refractivity contribution is 7.13. The van der Waals surface area contributed by atoms with Crippen LogP contribution in [0.3, 0.4) is 0 Å². The second-order valence-corrected chi connectivity index (χ2v) is 8.27. The van der Waals surface area contributed by atoms with E-state index in [0.717, 1.165) is 6.42 Å². The van der Waals surface area contributed by atoms with Gasteiger partial charge in [0.05, 0.1) is 18.7 Å². The van der Waals surface area contributed by atoms with E-state index in [0.29, 0.717) is 28.0 Å². The highest BCUT2D eigenvalue weighted by atomic mass is 35.5. The van der Waals surface area contributed by atoms with E-state index in [1.807, 2.05) is 13.8 Å². The molecule has 0 saturated carbocycles. The molecule has 0 bridgehead atoms. The molecule has 2 rings (SSSR count). The summed E-state index contributed by atoms with van der Waals surface area (Å²) in [5.41, 5.74) is 1.01. The standard InChI is InChI=1S/C21H27ClN4O4S/c1-4-14(2)23-18(27)11-17-13-31-21(24-17)25-19(28)12-26(9-10-30-3)20(29)15-5-7-16(22)8-6-15/h5-8,13-14H,4,9-12H2,1-3H3,(H,23,27)(H,24,25,28). The van der Waals surface area contributed by atoms with Crippen molar-refractivity contribution in [3.8, 4) is 0 Å². The molecule has 2 aromatic rings. The minimum atomic E-state index is -0.386. The van der Waals surface area contributed by atoms with Crippen LogP contribution in [0.2, 0.25) is 5.02 Å². The quantitative estimate of drug-likeness (QED) is 0.530. The molecule has 0 saturated heterocycles. The first kappa shape index (κ1) is 24.8. The maximum atomic E-state index is 12.8. The normalized spacial score (nSPS) is 11.6. The Kier molecular flexibility index (Phi) is 9.90. The van der Waals surface area contributed by atoms with Gasteiger partial charge in [0.1, 0.15) is 6.54 Å². The number of rotatable bonds is 11. The molecule has 3 amide bonds. The van der Waals surface area contributed by atoms with E-state index in [-0.39, 0.29) is 43.3 Å². The highest BCUT2D eigenvalue weighted by Gasteiger charge is 2.20. The zero-order chi connectivity index (χ0) is 22.8. The third-order valence-electron chi connectivity index (χ3n) is 4.44. The third-order valence-corrected chi connectivity index (χ3v) is 5.50. The van der Waals surface area contributed by atoms with Crippen molar-refractivity contribution in [3.63, 3.8) is 0 Å². The van der Waals surface area contributed by atoms with Crippen molar-refractivity contribution >= 4 is 45.8 Å². The second-order valence-electron chi connectivity index (χ2n) is 6.97. The predicted octanol–water partition coefficient (Wildman–Crippen LogP) is 2.98. The fourth-order valence-electron chi connectivity index (χ4n) is 2.60. The van der Waals surface area contributed by atoms with E-state index in [2.05, 4.69) is 15.6 Å². The van der Waals surface area contributed by atoms with Crippen molar-refractivity contribution in [1.29, 1.82) is 0 Å². The van der Waals surface area contributed by atoms with Crippen LogP contribution in [0.4, 0.5) is 5.13 Å². The molecule has 31 heavy (non-hydrogen) atoms. The molecule has 0 aliphatic rings. The fraction of sp³-hybridized carbons (Fsp3) is 0.429. The van der Waals surface area contributed by atoms with Crippen LogP contribution in [0, 0.1) is 0 Å². The van der Waals surface area contributed by atoms with Crippen LogP contribution in [0.1, 0.15) is 36.3 Å². The van der Waals surface area contributed by atoms with Gasteiger partial charge in [-0.25, -0.2) is 4.98 Å². The number of carbonyl (C=O) groups is 3. The van der Waals surface area contributed by atoms with Gasteiger partial charge in [-0.1, -0.05) is 18.5 Å². The summed E-state index contributed by atoms with van der Waals surface area (Å²) in [6.07, 6.45) is 0.990. The van der Waals surface area contributed by atoms with E-state index in [1.165, 1.54) is 23.3 Å². The average molecular weight is 467 g/mol. The number of hydrogen-bond donors (Lipinski definition) is 2. The molecule has 0 spiro atoms. The molecule has 0 radical (unpaired) electrons. The number of methoxy groups -OCH3 is 1. The van der Waals surface area contributed by atoms with Gasteiger partial charge in [0.2, 0.25) is 11.8 Å². The number of benzene rings is 1. The van der Waals surface area contributed by atoms with Crippen LogP contribution >= 0.6 is 22.9 Å². The molecular weight excluding hydrogens is 440 g/mol. The van der Waals surface area contributed by atoms with Crippen molar-refractivity contribution in [2.45, 2.75) is 32.7 Å². The van der Waals surface area contributed by atoms with Gasteiger partial charge in [0.15, 0.2) is 5.13 Å². The molecule has 2 N–H and O–H groups in total. The van der Waals surface area contributed by atoms with Crippen LogP contribution in [-0.4, -0.2) is 60.5 Å². The topological polar surface area (TPSA) is 101 Å². The van der Waals surface area contributed by atoms with Crippen LogP contribution in [0.15, 0.2) is 29.6 Å². The zero-order valence-electron chi connectivity index (χ0n) is 17.8. The smallest absolute Gasteiger partial charge is 0.254 e. The predicted molar refractivity (Wildman–Crippen MR) is 122 cm³/mol. The molecule has 1 atom stereocenters. The Morgan fingerprint density at radius 1 is 1.23 bits per heavy atom. The number of halogens is 1. The first-order valence-electron chi connectivity index (χ1n) is 9.89. The van der Waals surface area contributed by atoms with E-state index >= 15 is 0 Å². The van der Waals surface area contributed by atoms with Gasteiger partial charge >= 0.3 is 0 Å². The van der Waals surface area contributed by atoms with Gasteiger partial charge in [0.25, 0.3) is 5.91 Å². The van der Waals surface area contributed by atoms with Gasteiger partial charge in [-0.05, 0) is 37.6 Å². The Bertz CT molecular complexity index is 888. The van der Waals surface area contributed by atoms with Crippen molar-refractivity contribution < 1.29 is 19.1 Å². The first-order chi connectivity index (χ1) is 14.8. The second kappa shape index (κ2) is 12.4. The molecule has 1 aromatic heterocycles. The first-order valence-corrected chi connectivity index (χ1v) is 11.2. The van der Waals surface area contributed by atoms with Crippen LogP contribution in [0.5, 0.6) is 0 Å². The van der Waals surface area contributed by atoms with Crippen molar-refractivity contribution in [2.75, 3.05) is 32.1 Å². The molecule has 0 fully saturated rings. The Hall–Kier alpha value is -2.49. The molecule has 168 valence electrons. The number of nitrogens with zero attached hydrogens (tertiary/aromatic N) is 2. The summed E-state index contributed by atoms with van der Waals surface area (Å²) in [5, 5.41) is 8.20. The highest BCUT2D eigenvalue weighted by Crippen LogP contribution is 2.16. The number of thiazole rings is 1. The number of nitrogens with one attached hydrogen (secondary N) is 2. The summed E-state index contributed by atoms with van der Waals surface area (Å²) in [7, 11) is 1.53. The van der Waals surface area contributed by atoms with Gasteiger partial charge in [0, 0.05) is 35.7 Å². The molecular formula is C21H27ClN4O4S. The lowest BCUT2D eigenvalue weighted by molar-refractivity contribution is -0.121. The molecule has 10 heteroatoms. The lowest BCUT2D eigenvalue weighted by Crippen LogP contribution is -2.40. The maximum Gasteiger partial charge on any atom is 0.254 e. The van der Waals surface area contributed by atoms with Crippen LogP contribution in [0.25, 0.3) is 0 Å². The molecule has 0 aliphatic carbocycles. The number of ether oxygens (including phenoxy) is 1. The summed E-state index contributed by atoms with van der Waals surface area (Å²) >= 11 is 7.11. The average Bonchev–Trinajstić information content (AvgIpc) is 3.17. The van der Waals surface area contributed by atoms with Crippen molar-refractivity contribution in [3.05, 3.63) is 45.9 Å². The monoisotopic (exact) mass is 466 g/mol. The largest absolute Gasteiger partial charge is 0.383 e. The summed E-state index contributed by atoms with van der Waals surface area (Å²) in [4.78, 5) is 43.0. The number of amides is 3. The lowest BCUT2D eigenvalue weighted by Gasteiger charge is -2.21. The number of aromatic nitrogens is 1. The maximum absolute atomic E-state index is 12.8. The van der Waals surface area contributed by atoms with Gasteiger partial charge in [-0.15, -0.1) is 11.3 Å². The van der Waals surface area contributed by atoms with E-state index in [4.69, 9.17) is 16.3 Å². The number of anilines is 1. The van der Waals surface area contributed by atoms with Crippen molar-refractivity contribution in [1.82, 2.24) is 15.2 Å². The summed E-state index contributed by atoms with van der Waals surface area (Å²) in [5.74, 6) is -0.800. The van der Waals surface area contributed by atoms with Gasteiger partial charge < -0.3 is 20.3 Å². The number of hydrogen-bond acceptors (Lipinski definition) is 6. The zero-order valence-corrected chi connectivity index (χ0v) is 19.4. The summed E-state index contributed by atoms with van der Waals surface area (Å²) < 4.78 is 5.06. The molecule has 8 nitrogen and oxygen atoms in total. The van der Waals surface area contributed by atoms with E-state index in [9.17, 15) is 14.4 Å². The lowest BCUT2D eigenvalue weighted by atomic mass is 10.2. The molecule has 1 heterocycles. The number of carbonyl (C=O) groups excluding carboxylic acids is 3. The molecule has 1 aromatic carbocycles. The van der Waals surface area contributed by atoms with Crippen LogP contribution < -0.4 is 10.6 Å². The molecule has 1 unspecified atom stereocenters. The van der Waals surface area contributed by atoms with Gasteiger partial charge in [-0.2, -0.15) is 0 Å². The minimum Gasteiger partial charge on any atom is -0.383 e. The summed E-state index contributed by atoms with van der Waals surface area (Å²) in [6.45, 7) is 4.32. The minimum absolute atomic E-state index is 0.0987. The fourth-order valence-corrected chi connectivity index (χ4v) is 3.45. The molecule has 0 aliphatic heterocycles. The Morgan fingerprint density at radius 2 is 1.94 bits per heavy atom. The summed E-state index contributed by atoms with van der Waals surface area (Å²) in [6, 6.07) is 6.57. The SMILES string of the molecule is CCC(C)NC(=O)Cc1csc(NC(=O)CN(CCOC)C(=O)c2ccc(Cl)cc2)n1. The Balaban J connectivity index is 1.96. The van der Waals surface area contributed by atoms with E-state index < -0.39 is 0 Å². The Morgan fingerprint density at radius 3 is 2.58 bits per heavy atom. The van der Waals surface area contributed by atoms with Gasteiger partial charge in [-0.3, -0.25) is 14.4 Å². The van der Waals surface area contributed by atoms with Crippen LogP contribution in [-0.2, 0) is 20.7 Å².